The zero-order valence-electron chi connectivity index (χ0n) is 18.0. The molecule has 0 spiro atoms. The number of primary amides is 1. The summed E-state index contributed by atoms with van der Waals surface area (Å²) in [4.78, 5) is 18.1. The molecule has 31 heavy (non-hydrogen) atoms. The quantitative estimate of drug-likeness (QED) is 0.170. The van der Waals surface area contributed by atoms with E-state index < -0.39 is 6.61 Å². The summed E-state index contributed by atoms with van der Waals surface area (Å²) in [6.07, 6.45) is 3.72. The number of carbonyl (C=O) groups is 1. The molecule has 7 nitrogen and oxygen atoms in total. The Morgan fingerprint density at radius 3 is 2.61 bits per heavy atom. The molecular weight excluding hydrogens is 519 g/mol. The Balaban J connectivity index is 0.00000480. The molecule has 0 bridgehead atoms. The Hall–Kier alpha value is -1.69. The van der Waals surface area contributed by atoms with Crippen molar-refractivity contribution in [3.05, 3.63) is 29.8 Å². The first kappa shape index (κ1) is 27.3. The highest BCUT2D eigenvalue weighted by Gasteiger charge is 2.22. The molecule has 1 saturated heterocycles. The summed E-state index contributed by atoms with van der Waals surface area (Å²) in [6.45, 7) is 3.67. The number of piperidine rings is 1. The molecule has 4 N–H and O–H groups in total. The highest BCUT2D eigenvalue weighted by molar-refractivity contribution is 14.0. The number of likely N-dealkylation sites (tertiary alicyclic amines) is 1. The summed E-state index contributed by atoms with van der Waals surface area (Å²) in [5.74, 6) is 0.634. The second kappa shape index (κ2) is 15.2. The molecule has 1 amide bonds. The van der Waals surface area contributed by atoms with Crippen LogP contribution in [0.3, 0.4) is 0 Å². The maximum Gasteiger partial charge on any atom is 0.387 e. The number of nitrogens with two attached hydrogens (primary N) is 1. The molecule has 1 aromatic carbocycles. The average Bonchev–Trinajstić information content (AvgIpc) is 2.72. The molecule has 0 saturated carbocycles. The van der Waals surface area contributed by atoms with Crippen LogP contribution in [0.1, 0.15) is 38.2 Å². The fourth-order valence-corrected chi connectivity index (χ4v) is 3.46. The second-order valence-corrected chi connectivity index (χ2v) is 7.33. The number of halogens is 3. The normalized spacial score (nSPS) is 15.4. The number of ether oxygens (including phenoxy) is 1. The second-order valence-electron chi connectivity index (χ2n) is 7.33. The van der Waals surface area contributed by atoms with Crippen LogP contribution in [0.25, 0.3) is 0 Å². The Morgan fingerprint density at radius 1 is 1.26 bits per heavy atom. The maximum atomic E-state index is 12.5. The molecule has 10 heteroatoms. The smallest absolute Gasteiger partial charge is 0.387 e. The van der Waals surface area contributed by atoms with E-state index in [9.17, 15) is 13.6 Å². The van der Waals surface area contributed by atoms with Crippen LogP contribution in [0, 0.1) is 5.92 Å². The van der Waals surface area contributed by atoms with Gasteiger partial charge in [-0.25, -0.2) is 4.99 Å². The van der Waals surface area contributed by atoms with Crippen LogP contribution in [-0.2, 0) is 11.3 Å². The van der Waals surface area contributed by atoms with Crippen LogP contribution in [-0.4, -0.2) is 56.1 Å². The van der Waals surface area contributed by atoms with E-state index in [2.05, 4.69) is 25.3 Å². The molecule has 1 aliphatic rings. The molecule has 0 aliphatic carbocycles. The summed E-state index contributed by atoms with van der Waals surface area (Å²) >= 11 is 0. The number of rotatable bonds is 11. The third-order valence-electron chi connectivity index (χ3n) is 5.12. The Bertz CT molecular complexity index is 685. The first-order valence-corrected chi connectivity index (χ1v) is 10.6. The number of amides is 1. The Kier molecular flexibility index (Phi) is 13.4. The van der Waals surface area contributed by atoms with Gasteiger partial charge in [0.2, 0.25) is 5.91 Å². The fourth-order valence-electron chi connectivity index (χ4n) is 3.46. The lowest BCUT2D eigenvalue weighted by atomic mass is 9.96. The number of hydrogen-bond acceptors (Lipinski definition) is 4. The monoisotopic (exact) mass is 553 g/mol. The number of carbonyl (C=O) groups excluding carboxylic acids is 1. The van der Waals surface area contributed by atoms with E-state index in [1.807, 2.05) is 6.92 Å². The summed E-state index contributed by atoms with van der Waals surface area (Å²) in [7, 11) is 0. The molecule has 0 aromatic heterocycles. The van der Waals surface area contributed by atoms with Crippen molar-refractivity contribution < 1.29 is 18.3 Å². The van der Waals surface area contributed by atoms with E-state index >= 15 is 0 Å². The van der Waals surface area contributed by atoms with Gasteiger partial charge in [0.1, 0.15) is 5.75 Å². The van der Waals surface area contributed by atoms with Crippen molar-refractivity contribution >= 4 is 35.8 Å². The molecule has 1 aliphatic heterocycles. The molecule has 1 heterocycles. The molecule has 1 fully saturated rings. The van der Waals surface area contributed by atoms with Crippen molar-refractivity contribution in [2.45, 2.75) is 45.8 Å². The molecule has 1 aromatic rings. The minimum Gasteiger partial charge on any atom is -0.434 e. The van der Waals surface area contributed by atoms with Gasteiger partial charge in [0.15, 0.2) is 5.96 Å². The van der Waals surface area contributed by atoms with E-state index in [1.54, 1.807) is 18.2 Å². The predicted octanol–water partition coefficient (Wildman–Crippen LogP) is 2.94. The minimum atomic E-state index is -2.86. The highest BCUT2D eigenvalue weighted by Crippen LogP contribution is 2.21. The number of para-hydroxylation sites is 1. The lowest BCUT2D eigenvalue weighted by Crippen LogP contribution is -2.39. The van der Waals surface area contributed by atoms with Gasteiger partial charge < -0.3 is 26.0 Å². The topological polar surface area (TPSA) is 92.0 Å². The van der Waals surface area contributed by atoms with Gasteiger partial charge in [-0.2, -0.15) is 8.78 Å². The lowest BCUT2D eigenvalue weighted by Gasteiger charge is -2.30. The number of nitrogens with one attached hydrogen (secondary N) is 2. The van der Waals surface area contributed by atoms with Gasteiger partial charge in [0, 0.05) is 24.6 Å². The van der Waals surface area contributed by atoms with Crippen molar-refractivity contribution in [1.82, 2.24) is 15.5 Å². The van der Waals surface area contributed by atoms with Gasteiger partial charge in [0.05, 0.1) is 6.54 Å². The third-order valence-corrected chi connectivity index (χ3v) is 5.12. The van der Waals surface area contributed by atoms with E-state index in [0.29, 0.717) is 18.1 Å². The van der Waals surface area contributed by atoms with E-state index in [4.69, 9.17) is 5.73 Å². The number of alkyl halides is 2. The van der Waals surface area contributed by atoms with Crippen molar-refractivity contribution in [2.24, 2.45) is 16.6 Å². The summed E-state index contributed by atoms with van der Waals surface area (Å²) in [6, 6.07) is 6.68. The first-order chi connectivity index (χ1) is 14.5. The molecule has 2 rings (SSSR count). The van der Waals surface area contributed by atoms with Crippen molar-refractivity contribution in [3.63, 3.8) is 0 Å². The summed E-state index contributed by atoms with van der Waals surface area (Å²) in [5, 5.41) is 6.45. The molecule has 0 radical (unpaired) electrons. The molecule has 176 valence electrons. The van der Waals surface area contributed by atoms with Gasteiger partial charge >= 0.3 is 6.61 Å². The van der Waals surface area contributed by atoms with Crippen LogP contribution < -0.4 is 21.1 Å². The van der Waals surface area contributed by atoms with Crippen LogP contribution in [0.4, 0.5) is 8.78 Å². The van der Waals surface area contributed by atoms with Gasteiger partial charge in [-0.15, -0.1) is 24.0 Å². The van der Waals surface area contributed by atoms with E-state index in [1.165, 1.54) is 6.07 Å². The average molecular weight is 553 g/mol. The van der Waals surface area contributed by atoms with Gasteiger partial charge in [-0.05, 0) is 58.3 Å². The van der Waals surface area contributed by atoms with E-state index in [0.717, 1.165) is 51.9 Å². The Labute approximate surface area is 200 Å². The molecule has 0 atom stereocenters. The molecule has 0 unspecified atom stereocenters. The van der Waals surface area contributed by atoms with Crippen LogP contribution in [0.15, 0.2) is 29.3 Å². The number of unbranched alkanes of at least 4 members (excludes halogenated alkanes) is 1. The number of aliphatic imine (C=N–C) groups is 1. The van der Waals surface area contributed by atoms with Crippen molar-refractivity contribution in [2.75, 3.05) is 32.7 Å². The zero-order valence-corrected chi connectivity index (χ0v) is 20.3. The van der Waals surface area contributed by atoms with Crippen molar-refractivity contribution in [1.29, 1.82) is 0 Å². The molecular formula is C21H34F2IN5O2. The first-order valence-electron chi connectivity index (χ1n) is 10.6. The third kappa shape index (κ3) is 10.4. The lowest BCUT2D eigenvalue weighted by molar-refractivity contribution is -0.123. The maximum absolute atomic E-state index is 12.5. The number of benzene rings is 1. The zero-order chi connectivity index (χ0) is 21.8. The number of guanidine groups is 1. The minimum absolute atomic E-state index is 0. The standard InChI is InChI=1S/C21H33F2N5O2.HI/c1-2-25-21(27-15-17-7-3-4-8-18(17)30-20(22)23)26-11-5-6-12-28-13-9-16(10-14-28)19(24)29;/h3-4,7-8,16,20H,2,5-6,9-15H2,1H3,(H2,24,29)(H2,25,26,27);1H. The van der Waals surface area contributed by atoms with Gasteiger partial charge in [-0.1, -0.05) is 18.2 Å². The number of nitrogens with zero attached hydrogens (tertiary/aromatic N) is 2. The van der Waals surface area contributed by atoms with E-state index in [-0.39, 0.29) is 48.1 Å². The fraction of sp³-hybridized carbons (Fsp3) is 0.619. The largest absolute Gasteiger partial charge is 0.434 e. The Morgan fingerprint density at radius 2 is 1.97 bits per heavy atom. The van der Waals surface area contributed by atoms with Crippen molar-refractivity contribution in [3.8, 4) is 5.75 Å². The van der Waals surface area contributed by atoms with Crippen LogP contribution >= 0.6 is 24.0 Å². The van der Waals surface area contributed by atoms with Gasteiger partial charge in [0.25, 0.3) is 0 Å². The summed E-state index contributed by atoms with van der Waals surface area (Å²) < 4.78 is 29.6. The van der Waals surface area contributed by atoms with Gasteiger partial charge in [-0.3, -0.25) is 4.79 Å². The predicted molar refractivity (Wildman–Crippen MR) is 129 cm³/mol. The number of hydrogen-bond donors (Lipinski definition) is 3. The summed E-state index contributed by atoms with van der Waals surface area (Å²) in [5.41, 5.74) is 5.98. The van der Waals surface area contributed by atoms with Crippen LogP contribution in [0.2, 0.25) is 0 Å². The SMILES string of the molecule is CCNC(=NCc1ccccc1OC(F)F)NCCCCN1CCC(C(N)=O)CC1.I. The highest BCUT2D eigenvalue weighted by atomic mass is 127. The van der Waals surface area contributed by atoms with Crippen LogP contribution in [0.5, 0.6) is 5.75 Å².